The van der Waals surface area contributed by atoms with E-state index < -0.39 is 0 Å². The van der Waals surface area contributed by atoms with Gasteiger partial charge in [-0.1, -0.05) is 22.0 Å². The lowest BCUT2D eigenvalue weighted by molar-refractivity contribution is 1.24. The van der Waals surface area contributed by atoms with Crippen LogP contribution in [0.1, 0.15) is 11.4 Å². The van der Waals surface area contributed by atoms with E-state index in [1.807, 2.05) is 12.1 Å². The zero-order chi connectivity index (χ0) is 8.10. The Labute approximate surface area is 73.3 Å². The van der Waals surface area contributed by atoms with Gasteiger partial charge in [0.25, 0.3) is 0 Å². The fourth-order valence-corrected chi connectivity index (χ4v) is 0.942. The quantitative estimate of drug-likeness (QED) is 0.711. The third-order valence-corrected chi connectivity index (χ3v) is 1.38. The molecule has 2 nitrogen and oxygen atoms in total. The Balaban J connectivity index is 3.03. The smallest absolute Gasteiger partial charge is 0.141 e. The molecule has 0 unspecified atom stereocenters. The van der Waals surface area contributed by atoms with Gasteiger partial charge < -0.3 is 0 Å². The largest absolute Gasteiger partial charge is 0.238 e. The van der Waals surface area contributed by atoms with Gasteiger partial charge in [0.15, 0.2) is 0 Å². The van der Waals surface area contributed by atoms with E-state index in [9.17, 15) is 0 Å². The lowest BCUT2D eigenvalue weighted by Gasteiger charge is -1.90. The minimum Gasteiger partial charge on any atom is -0.238 e. The molecule has 1 heterocycles. The first-order chi connectivity index (χ1) is 5.36. The van der Waals surface area contributed by atoms with Gasteiger partial charge in [-0.3, -0.25) is 0 Å². The second-order valence-corrected chi connectivity index (χ2v) is 2.38. The highest BCUT2D eigenvalue weighted by Gasteiger charge is 1.90. The van der Waals surface area contributed by atoms with Crippen LogP contribution in [0, 0.1) is 11.3 Å². The van der Waals surface area contributed by atoms with Crippen molar-refractivity contribution >= 4 is 22.0 Å². The number of hydrogen-bond acceptors (Lipinski definition) is 2. The van der Waals surface area contributed by atoms with Gasteiger partial charge in [-0.05, 0) is 23.2 Å². The van der Waals surface area contributed by atoms with Crippen LogP contribution in [0.25, 0.3) is 6.08 Å². The summed E-state index contributed by atoms with van der Waals surface area (Å²) in [5, 5.41) is 8.48. The van der Waals surface area contributed by atoms with Crippen molar-refractivity contribution in [1.29, 1.82) is 5.26 Å². The Morgan fingerprint density at radius 3 is 3.00 bits per heavy atom. The van der Waals surface area contributed by atoms with Gasteiger partial charge in [0.05, 0.1) is 5.69 Å². The zero-order valence-corrected chi connectivity index (χ0v) is 7.25. The molecular formula is C8H5BrN2. The number of hydrogen-bond donors (Lipinski definition) is 0. The monoisotopic (exact) mass is 208 g/mol. The number of nitrogens with zero attached hydrogens (tertiary/aromatic N) is 2. The van der Waals surface area contributed by atoms with E-state index in [1.54, 1.807) is 23.2 Å². The van der Waals surface area contributed by atoms with Crippen molar-refractivity contribution in [3.8, 4) is 6.07 Å². The van der Waals surface area contributed by atoms with Crippen LogP contribution in [-0.2, 0) is 0 Å². The summed E-state index contributed by atoms with van der Waals surface area (Å²) in [4.78, 5) is 5.71. The minimum absolute atomic E-state index is 0.438. The van der Waals surface area contributed by atoms with Crippen LogP contribution >= 0.6 is 15.9 Å². The molecule has 0 spiro atoms. The first-order valence-corrected chi connectivity index (χ1v) is 3.92. The van der Waals surface area contributed by atoms with Crippen LogP contribution < -0.4 is 0 Å². The highest BCUT2D eigenvalue weighted by molar-refractivity contribution is 9.11. The topological polar surface area (TPSA) is 36.7 Å². The van der Waals surface area contributed by atoms with Gasteiger partial charge in [-0.25, -0.2) is 4.98 Å². The van der Waals surface area contributed by atoms with Gasteiger partial charge in [0.1, 0.15) is 11.8 Å². The maximum Gasteiger partial charge on any atom is 0.141 e. The Hall–Kier alpha value is -1.14. The molecule has 0 saturated heterocycles. The van der Waals surface area contributed by atoms with Crippen molar-refractivity contribution in [2.45, 2.75) is 0 Å². The van der Waals surface area contributed by atoms with Gasteiger partial charge in [-0.2, -0.15) is 5.26 Å². The fourth-order valence-electron chi connectivity index (χ4n) is 0.671. The Morgan fingerprint density at radius 1 is 1.55 bits per heavy atom. The molecule has 0 N–H and O–H groups in total. The van der Waals surface area contributed by atoms with Crippen molar-refractivity contribution in [3.05, 3.63) is 34.6 Å². The summed E-state index contributed by atoms with van der Waals surface area (Å²) >= 11 is 3.13. The molecule has 0 fully saturated rings. The van der Waals surface area contributed by atoms with Gasteiger partial charge in [0, 0.05) is 0 Å². The number of rotatable bonds is 1. The summed E-state index contributed by atoms with van der Waals surface area (Å²) in [7, 11) is 0. The molecule has 0 radical (unpaired) electrons. The molecule has 0 aromatic carbocycles. The molecular weight excluding hydrogens is 204 g/mol. The van der Waals surface area contributed by atoms with Gasteiger partial charge in [-0.15, -0.1) is 0 Å². The summed E-state index contributed by atoms with van der Waals surface area (Å²) in [6, 6.07) is 7.27. The SMILES string of the molecule is N#Cc1cccc(/C=C/Br)n1. The molecule has 0 atom stereocenters. The standard InChI is InChI=1S/C8H5BrN2/c9-5-4-7-2-1-3-8(6-10)11-7/h1-5H/b5-4+. The van der Waals surface area contributed by atoms with E-state index in [0.717, 1.165) is 5.69 Å². The van der Waals surface area contributed by atoms with Crippen LogP contribution in [0.3, 0.4) is 0 Å². The first kappa shape index (κ1) is 7.96. The molecule has 54 valence electrons. The van der Waals surface area contributed by atoms with Crippen molar-refractivity contribution in [3.63, 3.8) is 0 Å². The molecule has 0 bridgehead atoms. The molecule has 0 aliphatic carbocycles. The lowest BCUT2D eigenvalue weighted by Crippen LogP contribution is -1.83. The van der Waals surface area contributed by atoms with Gasteiger partial charge >= 0.3 is 0 Å². The van der Waals surface area contributed by atoms with Crippen LogP contribution in [0.2, 0.25) is 0 Å². The fraction of sp³-hybridized carbons (Fsp3) is 0. The average molecular weight is 209 g/mol. The molecule has 0 aliphatic heterocycles. The predicted molar refractivity (Wildman–Crippen MR) is 46.9 cm³/mol. The molecule has 1 aromatic heterocycles. The first-order valence-electron chi connectivity index (χ1n) is 3.01. The summed E-state index contributed by atoms with van der Waals surface area (Å²) in [5.74, 6) is 0. The zero-order valence-electron chi connectivity index (χ0n) is 5.66. The summed E-state index contributed by atoms with van der Waals surface area (Å²) < 4.78 is 0. The highest BCUT2D eigenvalue weighted by Crippen LogP contribution is 2.01. The van der Waals surface area contributed by atoms with E-state index in [4.69, 9.17) is 5.26 Å². The molecule has 0 amide bonds. The average Bonchev–Trinajstić information content (AvgIpc) is 2.06. The number of nitriles is 1. The molecule has 1 aromatic rings. The number of aromatic nitrogens is 1. The maximum absolute atomic E-state index is 8.48. The number of pyridine rings is 1. The van der Waals surface area contributed by atoms with Gasteiger partial charge in [0.2, 0.25) is 0 Å². The van der Waals surface area contributed by atoms with Crippen molar-refractivity contribution in [2.75, 3.05) is 0 Å². The Bertz CT molecular complexity index is 312. The molecule has 0 aliphatic rings. The van der Waals surface area contributed by atoms with Crippen LogP contribution in [0.4, 0.5) is 0 Å². The van der Waals surface area contributed by atoms with Crippen molar-refractivity contribution in [1.82, 2.24) is 4.98 Å². The summed E-state index contributed by atoms with van der Waals surface area (Å²) in [6.45, 7) is 0. The molecule has 11 heavy (non-hydrogen) atoms. The maximum atomic E-state index is 8.48. The Kier molecular flexibility index (Phi) is 2.82. The molecule has 3 heteroatoms. The van der Waals surface area contributed by atoms with E-state index in [0.29, 0.717) is 5.69 Å². The van der Waals surface area contributed by atoms with E-state index in [-0.39, 0.29) is 0 Å². The van der Waals surface area contributed by atoms with Crippen molar-refractivity contribution < 1.29 is 0 Å². The lowest BCUT2D eigenvalue weighted by atomic mass is 10.3. The second-order valence-electron chi connectivity index (χ2n) is 1.85. The van der Waals surface area contributed by atoms with Crippen molar-refractivity contribution in [2.24, 2.45) is 0 Å². The summed E-state index contributed by atoms with van der Waals surface area (Å²) in [5.41, 5.74) is 1.22. The van der Waals surface area contributed by atoms with Crippen LogP contribution in [-0.4, -0.2) is 4.98 Å². The third-order valence-electron chi connectivity index (χ3n) is 1.12. The molecule has 1 rings (SSSR count). The highest BCUT2D eigenvalue weighted by atomic mass is 79.9. The minimum atomic E-state index is 0.438. The van der Waals surface area contributed by atoms with E-state index in [2.05, 4.69) is 20.9 Å². The summed E-state index contributed by atoms with van der Waals surface area (Å²) in [6.07, 6.45) is 1.78. The predicted octanol–water partition coefficient (Wildman–Crippen LogP) is 2.32. The van der Waals surface area contributed by atoms with E-state index in [1.165, 1.54) is 0 Å². The second kappa shape index (κ2) is 3.89. The van der Waals surface area contributed by atoms with Crippen LogP contribution in [0.5, 0.6) is 0 Å². The van der Waals surface area contributed by atoms with E-state index >= 15 is 0 Å². The number of halogens is 1. The molecule has 0 saturated carbocycles. The Morgan fingerprint density at radius 2 is 2.36 bits per heavy atom. The van der Waals surface area contributed by atoms with Crippen LogP contribution in [0.15, 0.2) is 23.2 Å². The third kappa shape index (κ3) is 2.17. The normalized spacial score (nSPS) is 9.82.